The largest absolute Gasteiger partial charge is 0.497 e. The standard InChI is InChI=1S/C16H24N2O3/c1-12(2)17-7-9-18(10-8-17)16(20)15(19)13-5-4-6-14(11-13)21-3/h4-6,11-12,15,19H,7-10H2,1-3H3. The van der Waals surface area contributed by atoms with Crippen LogP contribution in [0.5, 0.6) is 5.75 Å². The van der Waals surface area contributed by atoms with Gasteiger partial charge in [-0.05, 0) is 31.5 Å². The number of ether oxygens (including phenoxy) is 1. The van der Waals surface area contributed by atoms with Crippen LogP contribution < -0.4 is 4.74 Å². The van der Waals surface area contributed by atoms with Crippen molar-refractivity contribution in [2.45, 2.75) is 26.0 Å². The Hall–Kier alpha value is -1.59. The van der Waals surface area contributed by atoms with Crippen LogP contribution in [0.25, 0.3) is 0 Å². The highest BCUT2D eigenvalue weighted by molar-refractivity contribution is 5.82. The summed E-state index contributed by atoms with van der Waals surface area (Å²) in [6.45, 7) is 7.35. The third-order valence-corrected chi connectivity index (χ3v) is 4.00. The first-order chi connectivity index (χ1) is 10.0. The fourth-order valence-corrected chi connectivity index (χ4v) is 2.59. The number of carbonyl (C=O) groups excluding carboxylic acids is 1. The third-order valence-electron chi connectivity index (χ3n) is 4.00. The molecular formula is C16H24N2O3. The average molecular weight is 292 g/mol. The first-order valence-electron chi connectivity index (χ1n) is 7.37. The molecule has 1 saturated heterocycles. The molecule has 0 aromatic heterocycles. The van der Waals surface area contributed by atoms with Crippen LogP contribution in [0.1, 0.15) is 25.5 Å². The number of piperazine rings is 1. The summed E-state index contributed by atoms with van der Waals surface area (Å²) in [6.07, 6.45) is -1.12. The SMILES string of the molecule is COc1cccc(C(O)C(=O)N2CCN(C(C)C)CC2)c1. The van der Waals surface area contributed by atoms with Crippen molar-refractivity contribution < 1.29 is 14.6 Å². The minimum Gasteiger partial charge on any atom is -0.497 e. The van der Waals surface area contributed by atoms with Gasteiger partial charge in [0.25, 0.3) is 5.91 Å². The second-order valence-electron chi connectivity index (χ2n) is 5.63. The summed E-state index contributed by atoms with van der Waals surface area (Å²) >= 11 is 0. The molecule has 1 aliphatic heterocycles. The number of amides is 1. The zero-order chi connectivity index (χ0) is 15.4. The molecule has 5 nitrogen and oxygen atoms in total. The van der Waals surface area contributed by atoms with Gasteiger partial charge in [-0.3, -0.25) is 9.69 Å². The Morgan fingerprint density at radius 2 is 1.90 bits per heavy atom. The molecule has 5 heteroatoms. The van der Waals surface area contributed by atoms with Crippen molar-refractivity contribution in [1.82, 2.24) is 9.80 Å². The van der Waals surface area contributed by atoms with E-state index in [1.807, 2.05) is 0 Å². The van der Waals surface area contributed by atoms with Gasteiger partial charge >= 0.3 is 0 Å². The number of aliphatic hydroxyl groups excluding tert-OH is 1. The summed E-state index contributed by atoms with van der Waals surface area (Å²) in [4.78, 5) is 16.5. The van der Waals surface area contributed by atoms with Crippen molar-refractivity contribution in [3.63, 3.8) is 0 Å². The lowest BCUT2D eigenvalue weighted by molar-refractivity contribution is -0.142. The Balaban J connectivity index is 1.99. The Morgan fingerprint density at radius 1 is 1.24 bits per heavy atom. The minimum atomic E-state index is -1.12. The van der Waals surface area contributed by atoms with E-state index >= 15 is 0 Å². The van der Waals surface area contributed by atoms with Crippen LogP contribution >= 0.6 is 0 Å². The first kappa shape index (κ1) is 15.8. The molecule has 0 saturated carbocycles. The highest BCUT2D eigenvalue weighted by Crippen LogP contribution is 2.21. The normalized spacial score (nSPS) is 17.9. The predicted octanol–water partition coefficient (Wildman–Crippen LogP) is 1.28. The molecule has 1 fully saturated rings. The van der Waals surface area contributed by atoms with Crippen LogP contribution in [-0.2, 0) is 4.79 Å². The van der Waals surface area contributed by atoms with E-state index in [9.17, 15) is 9.90 Å². The van der Waals surface area contributed by atoms with Gasteiger partial charge in [-0.2, -0.15) is 0 Å². The molecule has 0 aliphatic carbocycles. The highest BCUT2D eigenvalue weighted by Gasteiger charge is 2.27. The molecule has 0 radical (unpaired) electrons. The molecule has 0 bridgehead atoms. The van der Waals surface area contributed by atoms with E-state index in [0.717, 1.165) is 13.1 Å². The maximum atomic E-state index is 12.4. The number of benzene rings is 1. The lowest BCUT2D eigenvalue weighted by Gasteiger charge is -2.37. The van der Waals surface area contributed by atoms with Crippen LogP contribution in [0.2, 0.25) is 0 Å². The molecule has 1 aromatic carbocycles. The summed E-state index contributed by atoms with van der Waals surface area (Å²) in [6, 6.07) is 7.51. The van der Waals surface area contributed by atoms with Crippen molar-refractivity contribution in [1.29, 1.82) is 0 Å². The molecule has 21 heavy (non-hydrogen) atoms. The zero-order valence-corrected chi connectivity index (χ0v) is 13.0. The summed E-state index contributed by atoms with van der Waals surface area (Å²) in [7, 11) is 1.57. The number of carbonyl (C=O) groups is 1. The summed E-state index contributed by atoms with van der Waals surface area (Å²) in [5.41, 5.74) is 0.575. The Labute approximate surface area is 126 Å². The number of aliphatic hydroxyl groups is 1. The van der Waals surface area contributed by atoms with Gasteiger partial charge in [-0.1, -0.05) is 12.1 Å². The average Bonchev–Trinajstić information content (AvgIpc) is 2.53. The number of rotatable bonds is 4. The molecule has 116 valence electrons. The fourth-order valence-electron chi connectivity index (χ4n) is 2.59. The van der Waals surface area contributed by atoms with E-state index in [2.05, 4.69) is 18.7 Å². The van der Waals surface area contributed by atoms with Crippen molar-refractivity contribution >= 4 is 5.91 Å². The fraction of sp³-hybridized carbons (Fsp3) is 0.562. The van der Waals surface area contributed by atoms with Gasteiger partial charge in [0, 0.05) is 32.2 Å². The second-order valence-corrected chi connectivity index (χ2v) is 5.63. The molecule has 1 heterocycles. The highest BCUT2D eigenvalue weighted by atomic mass is 16.5. The van der Waals surface area contributed by atoms with E-state index in [0.29, 0.717) is 30.4 Å². The summed E-state index contributed by atoms with van der Waals surface area (Å²) in [5, 5.41) is 10.3. The van der Waals surface area contributed by atoms with Crippen molar-refractivity contribution in [2.24, 2.45) is 0 Å². The summed E-state index contributed by atoms with van der Waals surface area (Å²) < 4.78 is 5.13. The number of methoxy groups -OCH3 is 1. The van der Waals surface area contributed by atoms with Crippen LogP contribution in [0.15, 0.2) is 24.3 Å². The van der Waals surface area contributed by atoms with Crippen LogP contribution in [0.3, 0.4) is 0 Å². The molecule has 1 aromatic rings. The van der Waals surface area contributed by atoms with E-state index in [1.54, 1.807) is 36.3 Å². The van der Waals surface area contributed by atoms with Crippen molar-refractivity contribution in [2.75, 3.05) is 33.3 Å². The lowest BCUT2D eigenvalue weighted by atomic mass is 10.1. The van der Waals surface area contributed by atoms with E-state index < -0.39 is 6.10 Å². The Morgan fingerprint density at radius 3 is 2.48 bits per heavy atom. The maximum Gasteiger partial charge on any atom is 0.256 e. The van der Waals surface area contributed by atoms with Crippen LogP contribution in [0.4, 0.5) is 0 Å². The predicted molar refractivity (Wildman–Crippen MR) is 81.2 cm³/mol. The van der Waals surface area contributed by atoms with Gasteiger partial charge in [0.2, 0.25) is 0 Å². The second kappa shape index (κ2) is 6.91. The van der Waals surface area contributed by atoms with E-state index in [1.165, 1.54) is 0 Å². The molecule has 0 spiro atoms. The topological polar surface area (TPSA) is 53.0 Å². The van der Waals surface area contributed by atoms with Crippen molar-refractivity contribution in [3.8, 4) is 5.75 Å². The monoisotopic (exact) mass is 292 g/mol. The molecule has 1 atom stereocenters. The number of nitrogens with zero attached hydrogens (tertiary/aromatic N) is 2. The van der Waals surface area contributed by atoms with E-state index in [-0.39, 0.29) is 5.91 Å². The first-order valence-corrected chi connectivity index (χ1v) is 7.37. The number of hydrogen-bond acceptors (Lipinski definition) is 4. The third kappa shape index (κ3) is 3.74. The zero-order valence-electron chi connectivity index (χ0n) is 13.0. The van der Waals surface area contributed by atoms with Crippen molar-refractivity contribution in [3.05, 3.63) is 29.8 Å². The number of hydrogen-bond donors (Lipinski definition) is 1. The molecule has 2 rings (SSSR count). The maximum absolute atomic E-state index is 12.4. The van der Waals surface area contributed by atoms with Gasteiger partial charge in [0.15, 0.2) is 6.10 Å². The molecule has 1 N–H and O–H groups in total. The van der Waals surface area contributed by atoms with Crippen LogP contribution in [-0.4, -0.2) is 60.1 Å². The van der Waals surface area contributed by atoms with Gasteiger partial charge in [0.05, 0.1) is 7.11 Å². The molecule has 1 aliphatic rings. The summed E-state index contributed by atoms with van der Waals surface area (Å²) in [5.74, 6) is 0.413. The molecule has 1 amide bonds. The van der Waals surface area contributed by atoms with E-state index in [4.69, 9.17) is 4.74 Å². The van der Waals surface area contributed by atoms with Crippen LogP contribution in [0, 0.1) is 0 Å². The molecular weight excluding hydrogens is 268 g/mol. The Kier molecular flexibility index (Phi) is 5.20. The molecule has 1 unspecified atom stereocenters. The Bertz CT molecular complexity index is 482. The smallest absolute Gasteiger partial charge is 0.256 e. The minimum absolute atomic E-state index is 0.230. The van der Waals surface area contributed by atoms with Gasteiger partial charge < -0.3 is 14.7 Å². The lowest BCUT2D eigenvalue weighted by Crippen LogP contribution is -2.51. The van der Waals surface area contributed by atoms with Gasteiger partial charge in [0.1, 0.15) is 5.75 Å². The van der Waals surface area contributed by atoms with Gasteiger partial charge in [-0.15, -0.1) is 0 Å². The van der Waals surface area contributed by atoms with Gasteiger partial charge in [-0.25, -0.2) is 0 Å². The quantitative estimate of drug-likeness (QED) is 0.908.